The van der Waals surface area contributed by atoms with Crippen LogP contribution >= 0.6 is 0 Å². The first kappa shape index (κ1) is 13.9. The monoisotopic (exact) mass is 308 g/mol. The minimum Gasteiger partial charge on any atom is -0.502 e. The number of ether oxygens (including phenoxy) is 2. The van der Waals surface area contributed by atoms with E-state index in [2.05, 4.69) is 17.1 Å². The lowest BCUT2D eigenvalue weighted by Crippen LogP contribution is -2.20. The highest BCUT2D eigenvalue weighted by molar-refractivity contribution is 5.60. The fourth-order valence-electron chi connectivity index (χ4n) is 3.86. The van der Waals surface area contributed by atoms with Gasteiger partial charge in [0, 0.05) is 11.8 Å². The van der Waals surface area contributed by atoms with Crippen LogP contribution in [-0.4, -0.2) is 23.3 Å². The molecule has 0 saturated heterocycles. The maximum absolute atomic E-state index is 10.3. The van der Waals surface area contributed by atoms with E-state index in [1.165, 1.54) is 12.7 Å². The van der Waals surface area contributed by atoms with Gasteiger partial charge in [0.15, 0.2) is 17.2 Å². The molecule has 1 aromatic heterocycles. The van der Waals surface area contributed by atoms with E-state index in [1.807, 2.05) is 24.3 Å². The van der Waals surface area contributed by atoms with Crippen LogP contribution in [-0.2, 0) is 0 Å². The fourth-order valence-corrected chi connectivity index (χ4v) is 3.86. The zero-order valence-electron chi connectivity index (χ0n) is 12.7. The molecule has 116 valence electrons. The van der Waals surface area contributed by atoms with Gasteiger partial charge in [-0.15, -0.1) is 0 Å². The largest absolute Gasteiger partial charge is 0.502 e. The minimum atomic E-state index is -0.176. The van der Waals surface area contributed by atoms with Crippen LogP contribution in [0, 0.1) is 11.3 Å². The Kier molecular flexibility index (Phi) is 3.12. The average Bonchev–Trinajstić information content (AvgIpc) is 3.16. The smallest absolute Gasteiger partial charge is 0.222 e. The Balaban J connectivity index is 1.79. The molecule has 0 radical (unpaired) electrons. The molecule has 3 atom stereocenters. The number of nitriles is 1. The molecule has 1 aliphatic heterocycles. The summed E-state index contributed by atoms with van der Waals surface area (Å²) in [5.41, 5.74) is 1.98. The molecular formula is C18H16N2O3. The van der Waals surface area contributed by atoms with Gasteiger partial charge in [-0.3, -0.25) is 0 Å². The molecule has 1 aromatic carbocycles. The van der Waals surface area contributed by atoms with Gasteiger partial charge < -0.3 is 14.6 Å². The van der Waals surface area contributed by atoms with Gasteiger partial charge in [0.05, 0.1) is 12.7 Å². The standard InChI is InChI=1S/C18H16N2O3/c1-22-18-14-12-8-7-11(10-5-3-2-4-6-10)16(12)23-17(14)15(21)13(9-19)20-18/h2-6,11-12,16,21H,7-8H2,1H3. The van der Waals surface area contributed by atoms with Crippen molar-refractivity contribution in [2.24, 2.45) is 0 Å². The maximum atomic E-state index is 10.3. The van der Waals surface area contributed by atoms with E-state index in [-0.39, 0.29) is 29.4 Å². The lowest BCUT2D eigenvalue weighted by Gasteiger charge is -2.19. The van der Waals surface area contributed by atoms with Crippen molar-refractivity contribution in [2.75, 3.05) is 7.11 Å². The number of hydrogen-bond acceptors (Lipinski definition) is 5. The van der Waals surface area contributed by atoms with Gasteiger partial charge in [-0.1, -0.05) is 30.3 Å². The first-order valence-electron chi connectivity index (χ1n) is 7.67. The Morgan fingerprint density at radius 2 is 2.00 bits per heavy atom. The van der Waals surface area contributed by atoms with E-state index in [9.17, 15) is 5.11 Å². The second kappa shape index (κ2) is 5.17. The molecule has 2 aromatic rings. The predicted octanol–water partition coefficient (Wildman–Crippen LogP) is 3.09. The van der Waals surface area contributed by atoms with Crippen molar-refractivity contribution in [3.63, 3.8) is 0 Å². The Morgan fingerprint density at radius 3 is 2.70 bits per heavy atom. The predicted molar refractivity (Wildman–Crippen MR) is 82.7 cm³/mol. The summed E-state index contributed by atoms with van der Waals surface area (Å²) in [6.45, 7) is 0. The van der Waals surface area contributed by atoms with E-state index in [0.29, 0.717) is 11.6 Å². The third kappa shape index (κ3) is 1.95. The Morgan fingerprint density at radius 1 is 1.26 bits per heavy atom. The van der Waals surface area contributed by atoms with Gasteiger partial charge in [-0.05, 0) is 18.4 Å². The molecule has 23 heavy (non-hydrogen) atoms. The third-order valence-corrected chi connectivity index (χ3v) is 4.86. The summed E-state index contributed by atoms with van der Waals surface area (Å²) in [4.78, 5) is 4.13. The van der Waals surface area contributed by atoms with Gasteiger partial charge >= 0.3 is 0 Å². The normalized spacial score (nSPS) is 24.4. The van der Waals surface area contributed by atoms with Gasteiger partial charge in [0.1, 0.15) is 12.2 Å². The Hall–Kier alpha value is -2.74. The number of hydrogen-bond donors (Lipinski definition) is 1. The fraction of sp³-hybridized carbons (Fsp3) is 0.333. The van der Waals surface area contributed by atoms with Crippen molar-refractivity contribution < 1.29 is 14.6 Å². The molecule has 2 aliphatic rings. The van der Waals surface area contributed by atoms with Crippen LogP contribution in [0.5, 0.6) is 17.4 Å². The first-order valence-corrected chi connectivity index (χ1v) is 7.67. The molecule has 5 heteroatoms. The number of fused-ring (bicyclic) bond motifs is 3. The summed E-state index contributed by atoms with van der Waals surface area (Å²) in [6.07, 6.45) is 1.91. The van der Waals surface area contributed by atoms with Crippen LogP contribution in [0.1, 0.15) is 41.5 Å². The van der Waals surface area contributed by atoms with Gasteiger partial charge in [-0.25, -0.2) is 0 Å². The van der Waals surface area contributed by atoms with Crippen LogP contribution in [0.3, 0.4) is 0 Å². The SMILES string of the molecule is COc1nc(C#N)c(O)c2c1C1CCC(c3ccccc3)C1O2. The topological polar surface area (TPSA) is 75.4 Å². The molecular weight excluding hydrogens is 292 g/mol. The summed E-state index contributed by atoms with van der Waals surface area (Å²) in [7, 11) is 1.53. The summed E-state index contributed by atoms with van der Waals surface area (Å²) >= 11 is 0. The molecule has 1 aliphatic carbocycles. The van der Waals surface area contributed by atoms with Gasteiger partial charge in [0.2, 0.25) is 5.88 Å². The quantitative estimate of drug-likeness (QED) is 0.922. The number of pyridine rings is 1. The van der Waals surface area contributed by atoms with Crippen LogP contribution in [0.25, 0.3) is 0 Å². The highest BCUT2D eigenvalue weighted by atomic mass is 16.5. The van der Waals surface area contributed by atoms with E-state index in [0.717, 1.165) is 18.4 Å². The number of methoxy groups -OCH3 is 1. The van der Waals surface area contributed by atoms with Crippen LogP contribution in [0.2, 0.25) is 0 Å². The second-order valence-corrected chi connectivity index (χ2v) is 5.96. The number of aromatic hydroxyl groups is 1. The maximum Gasteiger partial charge on any atom is 0.222 e. The molecule has 0 amide bonds. The van der Waals surface area contributed by atoms with E-state index >= 15 is 0 Å². The molecule has 1 N–H and O–H groups in total. The van der Waals surface area contributed by atoms with Crippen molar-refractivity contribution in [1.82, 2.24) is 4.98 Å². The molecule has 0 bridgehead atoms. The van der Waals surface area contributed by atoms with Crippen molar-refractivity contribution in [1.29, 1.82) is 5.26 Å². The minimum absolute atomic E-state index is 0.0528. The number of aromatic nitrogens is 1. The van der Waals surface area contributed by atoms with E-state index in [4.69, 9.17) is 14.7 Å². The zero-order chi connectivity index (χ0) is 16.0. The molecule has 0 spiro atoms. The number of benzene rings is 1. The van der Waals surface area contributed by atoms with Crippen LogP contribution in [0.15, 0.2) is 30.3 Å². The lowest BCUT2D eigenvalue weighted by atomic mass is 9.92. The van der Waals surface area contributed by atoms with Gasteiger partial charge in [0.25, 0.3) is 0 Å². The Labute approximate surface area is 134 Å². The van der Waals surface area contributed by atoms with Crippen molar-refractivity contribution in [3.8, 4) is 23.4 Å². The summed E-state index contributed by atoms with van der Waals surface area (Å²) < 4.78 is 11.4. The molecule has 5 nitrogen and oxygen atoms in total. The molecule has 1 saturated carbocycles. The van der Waals surface area contributed by atoms with Crippen LogP contribution in [0.4, 0.5) is 0 Å². The van der Waals surface area contributed by atoms with E-state index < -0.39 is 0 Å². The van der Waals surface area contributed by atoms with E-state index in [1.54, 1.807) is 0 Å². The number of nitrogens with zero attached hydrogens (tertiary/aromatic N) is 2. The zero-order valence-corrected chi connectivity index (χ0v) is 12.7. The molecule has 1 fully saturated rings. The average molecular weight is 308 g/mol. The van der Waals surface area contributed by atoms with Crippen LogP contribution < -0.4 is 9.47 Å². The van der Waals surface area contributed by atoms with Crippen molar-refractivity contribution in [2.45, 2.75) is 30.8 Å². The molecule has 4 rings (SSSR count). The van der Waals surface area contributed by atoms with Crippen molar-refractivity contribution in [3.05, 3.63) is 47.2 Å². The highest BCUT2D eigenvalue weighted by Gasteiger charge is 2.48. The summed E-state index contributed by atoms with van der Waals surface area (Å²) in [5, 5.41) is 19.4. The van der Waals surface area contributed by atoms with Gasteiger partial charge in [-0.2, -0.15) is 10.2 Å². The Bertz CT molecular complexity index is 798. The first-order chi connectivity index (χ1) is 11.2. The molecule has 3 unspecified atom stereocenters. The lowest BCUT2D eigenvalue weighted by molar-refractivity contribution is 0.198. The number of rotatable bonds is 2. The highest BCUT2D eigenvalue weighted by Crippen LogP contribution is 2.57. The molecule has 2 heterocycles. The summed E-state index contributed by atoms with van der Waals surface area (Å²) in [5.74, 6) is 0.976. The van der Waals surface area contributed by atoms with Crippen molar-refractivity contribution >= 4 is 0 Å². The second-order valence-electron chi connectivity index (χ2n) is 5.96. The summed E-state index contributed by atoms with van der Waals surface area (Å²) in [6, 6.07) is 12.2. The third-order valence-electron chi connectivity index (χ3n) is 4.86.